The molecule has 0 fully saturated rings. The van der Waals surface area contributed by atoms with E-state index in [1.807, 2.05) is 0 Å². The van der Waals surface area contributed by atoms with Crippen LogP contribution >= 0.6 is 0 Å². The maximum atomic E-state index is 13.2. The van der Waals surface area contributed by atoms with Gasteiger partial charge >= 0.3 is 23.9 Å². The van der Waals surface area contributed by atoms with Crippen LogP contribution in [0.2, 0.25) is 0 Å². The number of rotatable bonds is 3. The lowest BCUT2D eigenvalue weighted by atomic mass is 10.1. The topological polar surface area (TPSA) is 72.2 Å². The zero-order chi connectivity index (χ0) is 18.5. The lowest BCUT2D eigenvalue weighted by Crippen LogP contribution is -2.57. The van der Waals surface area contributed by atoms with E-state index >= 15 is 0 Å². The minimum atomic E-state index is -6.62. The first kappa shape index (κ1) is 17.9. The van der Waals surface area contributed by atoms with Crippen LogP contribution in [0.4, 0.5) is 36.7 Å². The van der Waals surface area contributed by atoms with Gasteiger partial charge in [-0.3, -0.25) is 10.1 Å². The highest BCUT2D eigenvalue weighted by atomic mass is 19.4. The quantitative estimate of drug-likeness (QED) is 0.855. The molecular weight excluding hydrogens is 351 g/mol. The number of carbonyl (C=O) groups excluding carboxylic acids is 1. The highest BCUT2D eigenvalue weighted by Crippen LogP contribution is 2.46. The van der Waals surface area contributed by atoms with E-state index < -0.39 is 29.9 Å². The maximum absolute atomic E-state index is 13.2. The summed E-state index contributed by atoms with van der Waals surface area (Å²) in [5.74, 6) is -16.6. The molecule has 0 saturated heterocycles. The van der Waals surface area contributed by atoms with Gasteiger partial charge in [-0.2, -0.15) is 40.2 Å². The van der Waals surface area contributed by atoms with E-state index in [9.17, 15) is 35.5 Å². The number of hydrogen-bond donors (Lipinski definition) is 1. The Morgan fingerprint density at radius 3 is 2.21 bits per heavy atom. The third kappa shape index (κ3) is 2.73. The number of aromatic nitrogens is 4. The molecule has 2 heterocycles. The molecule has 0 unspecified atom stereocenters. The summed E-state index contributed by atoms with van der Waals surface area (Å²) in [6.07, 6.45) is -6.62. The largest absolute Gasteiger partial charge is 0.460 e. The minimum absolute atomic E-state index is 0.159. The van der Waals surface area contributed by atoms with Gasteiger partial charge in [-0.05, 0) is 19.9 Å². The van der Waals surface area contributed by atoms with E-state index in [2.05, 4.69) is 15.1 Å². The van der Waals surface area contributed by atoms with Crippen molar-refractivity contribution in [2.75, 3.05) is 5.32 Å². The van der Waals surface area contributed by atoms with Crippen molar-refractivity contribution in [2.24, 2.45) is 0 Å². The van der Waals surface area contributed by atoms with E-state index in [0.717, 1.165) is 9.83 Å². The summed E-state index contributed by atoms with van der Waals surface area (Å²) in [5.41, 5.74) is 0.872. The second-order valence-corrected chi connectivity index (χ2v) is 4.79. The molecule has 132 valence electrons. The molecule has 6 nitrogen and oxygen atoms in total. The number of fused-ring (bicyclic) bond motifs is 1. The SMILES string of the molecule is Cc1cc(C)n2nc(NC(=O)C(F)(F)C(F)(F)C(F)(F)F)nc2n1. The fraction of sp³-hybridized carbons (Fsp3) is 0.455. The van der Waals surface area contributed by atoms with Gasteiger partial charge in [0.2, 0.25) is 0 Å². The second kappa shape index (κ2) is 5.27. The monoisotopic (exact) mass is 359 g/mol. The van der Waals surface area contributed by atoms with Gasteiger partial charge < -0.3 is 0 Å². The third-order valence-corrected chi connectivity index (χ3v) is 2.88. The van der Waals surface area contributed by atoms with E-state index in [0.29, 0.717) is 11.4 Å². The smallest absolute Gasteiger partial charge is 0.288 e. The molecule has 0 bridgehead atoms. The van der Waals surface area contributed by atoms with Gasteiger partial charge in [0.25, 0.3) is 11.7 Å². The van der Waals surface area contributed by atoms with Crippen LogP contribution < -0.4 is 5.32 Å². The molecular formula is C11H8F7N5O. The van der Waals surface area contributed by atoms with Gasteiger partial charge in [-0.25, -0.2) is 4.98 Å². The first-order valence-electron chi connectivity index (χ1n) is 6.12. The fourth-order valence-corrected chi connectivity index (χ4v) is 1.72. The van der Waals surface area contributed by atoms with Crippen LogP contribution in [0, 0.1) is 13.8 Å². The summed E-state index contributed by atoms with van der Waals surface area (Å²) < 4.78 is 89.1. The summed E-state index contributed by atoms with van der Waals surface area (Å²) >= 11 is 0. The molecule has 13 heteroatoms. The van der Waals surface area contributed by atoms with Gasteiger partial charge in [0.05, 0.1) is 0 Å². The molecule has 1 N–H and O–H groups in total. The first-order valence-corrected chi connectivity index (χ1v) is 6.12. The lowest BCUT2D eigenvalue weighted by Gasteiger charge is -2.26. The number of halogens is 7. The maximum Gasteiger partial charge on any atom is 0.460 e. The normalized spacial score (nSPS) is 13.4. The van der Waals surface area contributed by atoms with Crippen molar-refractivity contribution < 1.29 is 35.5 Å². The first-order chi connectivity index (χ1) is 10.8. The number of hydrogen-bond acceptors (Lipinski definition) is 4. The van der Waals surface area contributed by atoms with Crippen LogP contribution in [0.5, 0.6) is 0 Å². The number of alkyl halides is 7. The Morgan fingerprint density at radius 1 is 1.08 bits per heavy atom. The highest BCUT2D eigenvalue weighted by molar-refractivity contribution is 5.95. The van der Waals surface area contributed by atoms with Gasteiger partial charge in [0.1, 0.15) is 0 Å². The molecule has 0 saturated carbocycles. The molecule has 2 aromatic heterocycles. The van der Waals surface area contributed by atoms with Crippen LogP contribution in [0.15, 0.2) is 6.07 Å². The fourth-order valence-electron chi connectivity index (χ4n) is 1.72. The van der Waals surface area contributed by atoms with Gasteiger partial charge in [0.15, 0.2) is 0 Å². The minimum Gasteiger partial charge on any atom is -0.288 e. The molecule has 2 aromatic rings. The van der Waals surface area contributed by atoms with Crippen LogP contribution in [0.25, 0.3) is 5.78 Å². The average Bonchev–Trinajstić information content (AvgIpc) is 2.79. The molecule has 0 atom stereocenters. The number of aryl methyl sites for hydroxylation is 2. The van der Waals surface area contributed by atoms with E-state index in [4.69, 9.17) is 0 Å². The summed E-state index contributed by atoms with van der Waals surface area (Å²) in [6, 6.07) is 1.51. The second-order valence-electron chi connectivity index (χ2n) is 4.79. The van der Waals surface area contributed by atoms with Crippen LogP contribution in [0.3, 0.4) is 0 Å². The number of carbonyl (C=O) groups is 1. The summed E-state index contributed by atoms with van der Waals surface area (Å²) in [5, 5.41) is 4.65. The van der Waals surface area contributed by atoms with Crippen molar-refractivity contribution in [1.29, 1.82) is 0 Å². The molecule has 24 heavy (non-hydrogen) atoms. The molecule has 2 rings (SSSR count). The zero-order valence-electron chi connectivity index (χ0n) is 11.9. The predicted molar refractivity (Wildman–Crippen MR) is 64.8 cm³/mol. The summed E-state index contributed by atoms with van der Waals surface area (Å²) in [4.78, 5) is 18.5. The number of nitrogens with one attached hydrogen (secondary N) is 1. The predicted octanol–water partition coefficient (Wildman–Crippen LogP) is 2.51. The van der Waals surface area contributed by atoms with E-state index in [1.165, 1.54) is 13.0 Å². The van der Waals surface area contributed by atoms with E-state index in [-0.39, 0.29) is 5.78 Å². The van der Waals surface area contributed by atoms with Crippen molar-refractivity contribution in [3.8, 4) is 0 Å². The molecule has 0 aliphatic rings. The molecule has 0 aliphatic carbocycles. The van der Waals surface area contributed by atoms with Crippen molar-refractivity contribution in [2.45, 2.75) is 31.9 Å². The van der Waals surface area contributed by atoms with Gasteiger partial charge in [-0.1, -0.05) is 0 Å². The number of anilines is 1. The van der Waals surface area contributed by atoms with Crippen molar-refractivity contribution in [3.63, 3.8) is 0 Å². The molecule has 0 aromatic carbocycles. The third-order valence-electron chi connectivity index (χ3n) is 2.88. The van der Waals surface area contributed by atoms with E-state index in [1.54, 1.807) is 6.92 Å². The Kier molecular flexibility index (Phi) is 3.93. The highest BCUT2D eigenvalue weighted by Gasteiger charge is 2.76. The van der Waals surface area contributed by atoms with Crippen LogP contribution in [0.1, 0.15) is 11.4 Å². The Bertz CT molecular complexity index is 798. The molecule has 1 amide bonds. The van der Waals surface area contributed by atoms with Crippen molar-refractivity contribution in [3.05, 3.63) is 17.5 Å². The number of amides is 1. The Morgan fingerprint density at radius 2 is 1.67 bits per heavy atom. The van der Waals surface area contributed by atoms with Crippen molar-refractivity contribution >= 4 is 17.6 Å². The van der Waals surface area contributed by atoms with Gasteiger partial charge in [0, 0.05) is 11.4 Å². The van der Waals surface area contributed by atoms with Crippen LogP contribution in [-0.2, 0) is 4.79 Å². The zero-order valence-corrected chi connectivity index (χ0v) is 11.9. The molecule has 0 radical (unpaired) electrons. The molecule has 0 spiro atoms. The van der Waals surface area contributed by atoms with Crippen LogP contribution in [-0.4, -0.2) is 43.5 Å². The average molecular weight is 359 g/mol. The van der Waals surface area contributed by atoms with Crippen molar-refractivity contribution in [1.82, 2.24) is 19.6 Å². The lowest BCUT2D eigenvalue weighted by molar-refractivity contribution is -0.343. The molecule has 0 aliphatic heterocycles. The standard InChI is InChI=1S/C11H8F7N5O/c1-4-3-5(2)23-8(19-4)21-7(22-23)20-6(24)9(12,13)10(14,15)11(16,17)18/h3H,1-2H3,(H,20,22,24). The number of nitrogens with zero attached hydrogens (tertiary/aromatic N) is 4. The summed E-state index contributed by atoms with van der Waals surface area (Å²) in [6.45, 7) is 3.09. The Balaban J connectivity index is 2.34. The Hall–Kier alpha value is -2.47. The summed E-state index contributed by atoms with van der Waals surface area (Å²) in [7, 11) is 0. The Labute approximate surface area is 128 Å². The van der Waals surface area contributed by atoms with Gasteiger partial charge in [-0.15, -0.1) is 5.10 Å².